The molecule has 0 atom stereocenters. The van der Waals surface area contributed by atoms with Crippen LogP contribution in [0.25, 0.3) is 0 Å². The first-order valence-electron chi connectivity index (χ1n) is 6.99. The molecule has 0 spiro atoms. The van der Waals surface area contributed by atoms with Gasteiger partial charge >= 0.3 is 0 Å². The van der Waals surface area contributed by atoms with E-state index in [4.69, 9.17) is 32.7 Å². The molecule has 0 heterocycles. The lowest BCUT2D eigenvalue weighted by Gasteiger charge is -2.12. The van der Waals surface area contributed by atoms with Gasteiger partial charge < -0.3 is 14.8 Å². The van der Waals surface area contributed by atoms with Gasteiger partial charge in [0, 0.05) is 12.5 Å². The fourth-order valence-electron chi connectivity index (χ4n) is 2.08. The average Bonchev–Trinajstić information content (AvgIpc) is 2.55. The number of aryl methyl sites for hydroxylation is 1. The summed E-state index contributed by atoms with van der Waals surface area (Å²) in [4.78, 5) is 12.1. The summed E-state index contributed by atoms with van der Waals surface area (Å²) in [7, 11) is 3.12. The van der Waals surface area contributed by atoms with E-state index in [2.05, 4.69) is 5.32 Å². The lowest BCUT2D eigenvalue weighted by molar-refractivity contribution is -0.116. The van der Waals surface area contributed by atoms with Crippen LogP contribution in [0.3, 0.4) is 0 Å². The molecule has 2 rings (SSSR count). The number of nitrogens with one attached hydrogen (secondary N) is 1. The van der Waals surface area contributed by atoms with E-state index in [1.165, 1.54) is 0 Å². The Hall–Kier alpha value is -1.91. The van der Waals surface area contributed by atoms with E-state index in [0.717, 1.165) is 5.56 Å². The van der Waals surface area contributed by atoms with Gasteiger partial charge in [0.15, 0.2) is 0 Å². The molecule has 0 aromatic heterocycles. The van der Waals surface area contributed by atoms with E-state index in [1.54, 1.807) is 44.6 Å². The van der Waals surface area contributed by atoms with E-state index in [1.807, 2.05) is 6.07 Å². The lowest BCUT2D eigenvalue weighted by atomic mass is 10.1. The first-order valence-corrected chi connectivity index (χ1v) is 7.75. The van der Waals surface area contributed by atoms with Crippen LogP contribution in [0.5, 0.6) is 11.5 Å². The van der Waals surface area contributed by atoms with Gasteiger partial charge in [0.1, 0.15) is 11.5 Å². The number of halogens is 2. The van der Waals surface area contributed by atoms with Gasteiger partial charge in [-0.2, -0.15) is 0 Å². The predicted molar refractivity (Wildman–Crippen MR) is 93.0 cm³/mol. The number of amides is 1. The number of carbonyl (C=O) groups is 1. The molecule has 2 aromatic carbocycles. The second kappa shape index (κ2) is 8.09. The molecule has 122 valence electrons. The van der Waals surface area contributed by atoms with Crippen LogP contribution in [0.4, 0.5) is 5.69 Å². The van der Waals surface area contributed by atoms with Crippen molar-refractivity contribution >= 4 is 34.8 Å². The summed E-state index contributed by atoms with van der Waals surface area (Å²) in [6.07, 6.45) is 0.882. The summed E-state index contributed by atoms with van der Waals surface area (Å²) >= 11 is 11.8. The van der Waals surface area contributed by atoms with Crippen molar-refractivity contribution in [1.29, 1.82) is 0 Å². The second-order valence-electron chi connectivity index (χ2n) is 4.86. The zero-order valence-corrected chi connectivity index (χ0v) is 14.4. The van der Waals surface area contributed by atoms with Gasteiger partial charge in [0.05, 0.1) is 30.0 Å². The van der Waals surface area contributed by atoms with Crippen molar-refractivity contribution in [3.63, 3.8) is 0 Å². The molecule has 0 bridgehead atoms. The third-order valence-electron chi connectivity index (χ3n) is 3.31. The first-order chi connectivity index (χ1) is 11.0. The summed E-state index contributed by atoms with van der Waals surface area (Å²) in [5.41, 5.74) is 1.53. The van der Waals surface area contributed by atoms with Crippen molar-refractivity contribution in [3.8, 4) is 11.5 Å². The van der Waals surface area contributed by atoms with Crippen molar-refractivity contribution in [2.24, 2.45) is 0 Å². The van der Waals surface area contributed by atoms with E-state index in [0.29, 0.717) is 40.1 Å². The molecule has 2 aromatic rings. The Balaban J connectivity index is 2.00. The Kier molecular flexibility index (Phi) is 6.13. The number of carbonyl (C=O) groups excluding carboxylic acids is 1. The van der Waals surface area contributed by atoms with Crippen LogP contribution >= 0.6 is 23.2 Å². The molecule has 0 saturated carbocycles. The minimum Gasteiger partial charge on any atom is -0.497 e. The number of benzene rings is 2. The van der Waals surface area contributed by atoms with Gasteiger partial charge in [-0.25, -0.2) is 0 Å². The highest BCUT2D eigenvalue weighted by molar-refractivity contribution is 6.42. The lowest BCUT2D eigenvalue weighted by Crippen LogP contribution is -2.13. The third kappa shape index (κ3) is 4.78. The molecule has 0 radical (unpaired) electrons. The fraction of sp³-hybridized carbons (Fsp3) is 0.235. The summed E-state index contributed by atoms with van der Waals surface area (Å²) in [5, 5.41) is 3.82. The largest absolute Gasteiger partial charge is 0.497 e. The maximum atomic E-state index is 12.1. The summed E-state index contributed by atoms with van der Waals surface area (Å²) in [5.74, 6) is 1.10. The predicted octanol–water partition coefficient (Wildman–Crippen LogP) is 4.58. The maximum absolute atomic E-state index is 12.1. The second-order valence-corrected chi connectivity index (χ2v) is 5.68. The molecular formula is C17H17Cl2NO3. The smallest absolute Gasteiger partial charge is 0.224 e. The molecule has 4 nitrogen and oxygen atoms in total. The number of rotatable bonds is 6. The molecule has 1 amide bonds. The minimum atomic E-state index is -0.123. The zero-order valence-electron chi connectivity index (χ0n) is 12.9. The van der Waals surface area contributed by atoms with Gasteiger partial charge in [0.25, 0.3) is 0 Å². The summed E-state index contributed by atoms with van der Waals surface area (Å²) in [6, 6.07) is 10.6. The summed E-state index contributed by atoms with van der Waals surface area (Å²) < 4.78 is 10.4. The first kappa shape index (κ1) is 17.4. The van der Waals surface area contributed by atoms with Crippen LogP contribution in [0.2, 0.25) is 10.0 Å². The van der Waals surface area contributed by atoms with E-state index in [9.17, 15) is 4.79 Å². The van der Waals surface area contributed by atoms with E-state index < -0.39 is 0 Å². The Morgan fingerprint density at radius 1 is 1.04 bits per heavy atom. The molecule has 6 heteroatoms. The SMILES string of the molecule is COc1ccc(OC)c(NC(=O)CCc2ccc(Cl)c(Cl)c2)c1. The molecule has 0 saturated heterocycles. The van der Waals surface area contributed by atoms with Crippen LogP contribution in [-0.2, 0) is 11.2 Å². The van der Waals surface area contributed by atoms with Crippen molar-refractivity contribution in [2.45, 2.75) is 12.8 Å². The van der Waals surface area contributed by atoms with Crippen molar-refractivity contribution < 1.29 is 14.3 Å². The normalized spacial score (nSPS) is 10.3. The molecule has 23 heavy (non-hydrogen) atoms. The number of ether oxygens (including phenoxy) is 2. The molecule has 1 N–H and O–H groups in total. The Labute approximate surface area is 145 Å². The number of hydrogen-bond donors (Lipinski definition) is 1. The number of methoxy groups -OCH3 is 2. The van der Waals surface area contributed by atoms with Crippen LogP contribution < -0.4 is 14.8 Å². The van der Waals surface area contributed by atoms with E-state index in [-0.39, 0.29) is 5.91 Å². The quantitative estimate of drug-likeness (QED) is 0.826. The minimum absolute atomic E-state index is 0.123. The monoisotopic (exact) mass is 353 g/mol. The highest BCUT2D eigenvalue weighted by Crippen LogP contribution is 2.29. The Bertz CT molecular complexity index is 704. The third-order valence-corrected chi connectivity index (χ3v) is 4.04. The highest BCUT2D eigenvalue weighted by Gasteiger charge is 2.10. The summed E-state index contributed by atoms with van der Waals surface area (Å²) in [6.45, 7) is 0. The van der Waals surface area contributed by atoms with Crippen LogP contribution in [0.15, 0.2) is 36.4 Å². The van der Waals surface area contributed by atoms with Crippen LogP contribution in [-0.4, -0.2) is 20.1 Å². The molecule has 0 aliphatic heterocycles. The highest BCUT2D eigenvalue weighted by atomic mass is 35.5. The van der Waals surface area contributed by atoms with Gasteiger partial charge in [-0.05, 0) is 36.2 Å². The maximum Gasteiger partial charge on any atom is 0.224 e. The van der Waals surface area contributed by atoms with Gasteiger partial charge in [-0.1, -0.05) is 29.3 Å². The van der Waals surface area contributed by atoms with Crippen molar-refractivity contribution in [1.82, 2.24) is 0 Å². The van der Waals surface area contributed by atoms with Crippen LogP contribution in [0.1, 0.15) is 12.0 Å². The molecule has 0 fully saturated rings. The molecule has 0 aliphatic carbocycles. The molecule has 0 unspecified atom stereocenters. The molecular weight excluding hydrogens is 337 g/mol. The van der Waals surface area contributed by atoms with Crippen LogP contribution in [0, 0.1) is 0 Å². The fourth-order valence-corrected chi connectivity index (χ4v) is 2.40. The number of anilines is 1. The van der Waals surface area contributed by atoms with Gasteiger partial charge in [-0.15, -0.1) is 0 Å². The van der Waals surface area contributed by atoms with Gasteiger partial charge in [0.2, 0.25) is 5.91 Å². The zero-order chi connectivity index (χ0) is 16.8. The molecule has 0 aliphatic rings. The average molecular weight is 354 g/mol. The van der Waals surface area contributed by atoms with Gasteiger partial charge in [-0.3, -0.25) is 4.79 Å². The van der Waals surface area contributed by atoms with E-state index >= 15 is 0 Å². The Morgan fingerprint density at radius 2 is 1.83 bits per heavy atom. The topological polar surface area (TPSA) is 47.6 Å². The van der Waals surface area contributed by atoms with Crippen molar-refractivity contribution in [3.05, 3.63) is 52.0 Å². The Morgan fingerprint density at radius 3 is 2.48 bits per heavy atom. The standard InChI is InChI=1S/C17H17Cl2NO3/c1-22-12-5-7-16(23-2)15(10-12)20-17(21)8-4-11-3-6-13(18)14(19)9-11/h3,5-7,9-10H,4,8H2,1-2H3,(H,20,21). The van der Waals surface area contributed by atoms with Crippen molar-refractivity contribution in [2.75, 3.05) is 19.5 Å². The number of hydrogen-bond acceptors (Lipinski definition) is 3.